The molecule has 0 fully saturated rings. The zero-order valence-electron chi connectivity index (χ0n) is 30.4. The third-order valence-corrected chi connectivity index (χ3v) is 13.0. The van der Waals surface area contributed by atoms with Crippen molar-refractivity contribution in [2.75, 3.05) is 0 Å². The molecule has 0 amide bonds. The summed E-state index contributed by atoms with van der Waals surface area (Å²) in [5.41, 5.74) is 14.8. The zero-order chi connectivity index (χ0) is 37.2. The third-order valence-electron chi connectivity index (χ3n) is 11.7. The molecule has 0 saturated heterocycles. The standard InChI is InChI=1S/C52H30N2O2S/c1-3-15-31(16-4-1)53-43-29-9-7-19-39(43)49-45(53)41-27-11-21-33(47(41)55-49)35-23-13-25-37-38-26-14-24-36(52(38)57-51(35)37)34-22-12-28-42-46-50(56-48(34)42)40-20-8-10-30-44(40)54(46)32-17-5-2-6-18-32/h1-30H. The number of benzene rings is 8. The van der Waals surface area contributed by atoms with Gasteiger partial charge in [0.15, 0.2) is 11.2 Å². The largest absolute Gasteiger partial charge is 0.453 e. The van der Waals surface area contributed by atoms with Crippen molar-refractivity contribution in [2.45, 2.75) is 0 Å². The number of rotatable bonds is 4. The summed E-state index contributed by atoms with van der Waals surface area (Å²) in [5.74, 6) is 0. The second kappa shape index (κ2) is 11.6. The van der Waals surface area contributed by atoms with Crippen LogP contribution >= 0.6 is 11.3 Å². The van der Waals surface area contributed by atoms with Gasteiger partial charge in [-0.15, -0.1) is 11.3 Å². The van der Waals surface area contributed by atoms with Gasteiger partial charge in [-0.2, -0.15) is 0 Å². The zero-order valence-corrected chi connectivity index (χ0v) is 31.3. The molecule has 5 heteroatoms. The fourth-order valence-electron chi connectivity index (χ4n) is 9.34. The molecule has 0 saturated carbocycles. The number of furan rings is 2. The lowest BCUT2D eigenvalue weighted by Crippen LogP contribution is -1.92. The van der Waals surface area contributed by atoms with Crippen molar-refractivity contribution in [2.24, 2.45) is 0 Å². The van der Waals surface area contributed by atoms with E-state index in [2.05, 4.69) is 191 Å². The SMILES string of the molecule is c1ccc(-n2c3ccccc3c3oc4c(-c5cccc6c5sc5c(-c7cccc8c7oc7c9ccccc9n(-c9ccccc9)c87)cccc56)cccc4c32)cc1. The summed E-state index contributed by atoms with van der Waals surface area (Å²) in [7, 11) is 0. The highest BCUT2D eigenvalue weighted by molar-refractivity contribution is 7.26. The number of nitrogens with zero attached hydrogens (tertiary/aromatic N) is 2. The van der Waals surface area contributed by atoms with Crippen LogP contribution in [-0.4, -0.2) is 9.13 Å². The van der Waals surface area contributed by atoms with Gasteiger partial charge in [-0.3, -0.25) is 0 Å². The van der Waals surface area contributed by atoms with E-state index in [0.717, 1.165) is 88.4 Å². The number of aromatic nitrogens is 2. The van der Waals surface area contributed by atoms with Crippen LogP contribution in [0.4, 0.5) is 0 Å². The average Bonchev–Trinajstić information content (AvgIpc) is 4.08. The first-order valence-electron chi connectivity index (χ1n) is 19.3. The third kappa shape index (κ3) is 4.21. The predicted octanol–water partition coefficient (Wildman–Crippen LogP) is 15.1. The Morgan fingerprint density at radius 2 is 0.667 bits per heavy atom. The van der Waals surface area contributed by atoms with E-state index in [9.17, 15) is 0 Å². The maximum absolute atomic E-state index is 6.98. The quantitative estimate of drug-likeness (QED) is 0.180. The van der Waals surface area contributed by atoms with Crippen LogP contribution < -0.4 is 0 Å². The van der Waals surface area contributed by atoms with Gasteiger partial charge in [0.1, 0.15) is 22.2 Å². The van der Waals surface area contributed by atoms with E-state index >= 15 is 0 Å². The smallest absolute Gasteiger partial charge is 0.161 e. The maximum atomic E-state index is 6.98. The first kappa shape index (κ1) is 30.9. The van der Waals surface area contributed by atoms with Crippen LogP contribution in [0, 0.1) is 0 Å². The number of fused-ring (bicyclic) bond motifs is 13. The lowest BCUT2D eigenvalue weighted by atomic mass is 9.98. The predicted molar refractivity (Wildman–Crippen MR) is 238 cm³/mol. The van der Waals surface area contributed by atoms with Crippen LogP contribution in [0.2, 0.25) is 0 Å². The molecule has 266 valence electrons. The molecule has 0 spiro atoms. The fourth-order valence-corrected chi connectivity index (χ4v) is 10.7. The van der Waals surface area contributed by atoms with Gasteiger partial charge in [-0.05, 0) is 60.7 Å². The molecule has 57 heavy (non-hydrogen) atoms. The van der Waals surface area contributed by atoms with Crippen LogP contribution in [0.3, 0.4) is 0 Å². The summed E-state index contributed by atoms with van der Waals surface area (Å²) in [4.78, 5) is 0. The topological polar surface area (TPSA) is 36.1 Å². The van der Waals surface area contributed by atoms with Crippen LogP contribution in [0.1, 0.15) is 0 Å². The number of hydrogen-bond acceptors (Lipinski definition) is 3. The second-order valence-corrected chi connectivity index (χ2v) is 15.8. The molecule has 13 aromatic rings. The molecular formula is C52H30N2O2S. The molecule has 8 aromatic carbocycles. The van der Waals surface area contributed by atoms with Crippen molar-refractivity contribution in [1.29, 1.82) is 0 Å². The van der Waals surface area contributed by atoms with Gasteiger partial charge in [0, 0.05) is 75.3 Å². The normalized spacial score (nSPS) is 12.2. The van der Waals surface area contributed by atoms with E-state index < -0.39 is 0 Å². The molecule has 0 N–H and O–H groups in total. The Balaban J connectivity index is 1.05. The first-order valence-corrected chi connectivity index (χ1v) is 20.1. The highest BCUT2D eigenvalue weighted by atomic mass is 32.1. The number of para-hydroxylation sites is 6. The summed E-state index contributed by atoms with van der Waals surface area (Å²) in [6, 6.07) is 64.8. The average molecular weight is 747 g/mol. The Morgan fingerprint density at radius 1 is 0.298 bits per heavy atom. The van der Waals surface area contributed by atoms with Crippen LogP contribution in [0.15, 0.2) is 191 Å². The maximum Gasteiger partial charge on any atom is 0.161 e. The van der Waals surface area contributed by atoms with E-state index in [1.165, 1.54) is 31.3 Å². The first-order chi connectivity index (χ1) is 28.3. The Hall–Kier alpha value is -7.34. The summed E-state index contributed by atoms with van der Waals surface area (Å²) in [5, 5.41) is 6.89. The van der Waals surface area contributed by atoms with Crippen LogP contribution in [0.5, 0.6) is 0 Å². The Bertz CT molecular complexity index is 3500. The summed E-state index contributed by atoms with van der Waals surface area (Å²) in [6.45, 7) is 0. The molecule has 0 unspecified atom stereocenters. The highest BCUT2D eigenvalue weighted by Gasteiger charge is 2.25. The molecule has 0 radical (unpaired) electrons. The van der Waals surface area contributed by atoms with Gasteiger partial charge in [0.2, 0.25) is 0 Å². The van der Waals surface area contributed by atoms with Gasteiger partial charge >= 0.3 is 0 Å². The minimum Gasteiger partial charge on any atom is -0.453 e. The van der Waals surface area contributed by atoms with Crippen molar-refractivity contribution in [3.63, 3.8) is 0 Å². The number of thiophene rings is 1. The summed E-state index contributed by atoms with van der Waals surface area (Å²) in [6.07, 6.45) is 0. The Labute approximate surface area is 329 Å². The molecule has 0 aliphatic rings. The van der Waals surface area contributed by atoms with Crippen molar-refractivity contribution in [3.8, 4) is 33.6 Å². The van der Waals surface area contributed by atoms with Gasteiger partial charge in [-0.1, -0.05) is 121 Å². The van der Waals surface area contributed by atoms with Crippen molar-refractivity contribution >= 4 is 97.5 Å². The molecule has 0 aliphatic heterocycles. The van der Waals surface area contributed by atoms with E-state index in [1.807, 2.05) is 11.3 Å². The van der Waals surface area contributed by atoms with Crippen molar-refractivity contribution in [3.05, 3.63) is 182 Å². The summed E-state index contributed by atoms with van der Waals surface area (Å²) < 4.78 is 21.1. The lowest BCUT2D eigenvalue weighted by Gasteiger charge is -2.08. The molecule has 0 atom stereocenters. The molecule has 5 heterocycles. The van der Waals surface area contributed by atoms with Gasteiger partial charge in [0.25, 0.3) is 0 Å². The van der Waals surface area contributed by atoms with Crippen LogP contribution in [-0.2, 0) is 0 Å². The molecule has 0 aliphatic carbocycles. The second-order valence-electron chi connectivity index (χ2n) is 14.8. The van der Waals surface area contributed by atoms with Crippen molar-refractivity contribution in [1.82, 2.24) is 9.13 Å². The molecule has 5 aromatic heterocycles. The molecular weight excluding hydrogens is 717 g/mol. The van der Waals surface area contributed by atoms with E-state index in [-0.39, 0.29) is 0 Å². The van der Waals surface area contributed by atoms with E-state index in [4.69, 9.17) is 8.83 Å². The van der Waals surface area contributed by atoms with E-state index in [0.29, 0.717) is 0 Å². The highest BCUT2D eigenvalue weighted by Crippen LogP contribution is 2.49. The fraction of sp³-hybridized carbons (Fsp3) is 0. The molecule has 0 bridgehead atoms. The van der Waals surface area contributed by atoms with Crippen LogP contribution in [0.25, 0.3) is 120 Å². The lowest BCUT2D eigenvalue weighted by molar-refractivity contribution is 0.673. The monoisotopic (exact) mass is 746 g/mol. The Morgan fingerprint density at radius 3 is 1.12 bits per heavy atom. The summed E-state index contributed by atoms with van der Waals surface area (Å²) >= 11 is 1.85. The minimum atomic E-state index is 0.904. The molecule has 13 rings (SSSR count). The van der Waals surface area contributed by atoms with E-state index in [1.54, 1.807) is 0 Å². The Kier molecular flexibility index (Phi) is 6.29. The van der Waals surface area contributed by atoms with Gasteiger partial charge < -0.3 is 18.0 Å². The molecule has 4 nitrogen and oxygen atoms in total. The van der Waals surface area contributed by atoms with Gasteiger partial charge in [-0.25, -0.2) is 0 Å². The minimum absolute atomic E-state index is 0.904. The van der Waals surface area contributed by atoms with Gasteiger partial charge in [0.05, 0.1) is 11.0 Å². The number of hydrogen-bond donors (Lipinski definition) is 0. The van der Waals surface area contributed by atoms with Crippen molar-refractivity contribution < 1.29 is 8.83 Å².